The van der Waals surface area contributed by atoms with Crippen LogP contribution in [0.3, 0.4) is 0 Å². The SMILES string of the molecule is COc1cc(C2=NN(/C=C\c3nnco3)I=N2)cc(C(F)(F)F)n1. The molecule has 1 aliphatic rings. The Morgan fingerprint density at radius 2 is 2.17 bits per heavy atom. The molecule has 0 aromatic carbocycles. The normalized spacial score (nSPS) is 14.8. The number of methoxy groups -OCH3 is 1. The first-order chi connectivity index (χ1) is 11.5. The second-order valence-electron chi connectivity index (χ2n) is 4.25. The average Bonchev–Trinajstić information content (AvgIpc) is 3.23. The highest BCUT2D eigenvalue weighted by Crippen LogP contribution is 2.31. The van der Waals surface area contributed by atoms with E-state index in [1.54, 1.807) is 6.20 Å². The van der Waals surface area contributed by atoms with Crippen molar-refractivity contribution >= 4 is 33.2 Å². The fourth-order valence-electron chi connectivity index (χ4n) is 1.63. The van der Waals surface area contributed by atoms with Crippen LogP contribution in [0.1, 0.15) is 17.1 Å². The molecule has 3 heterocycles. The molecule has 0 amide bonds. The van der Waals surface area contributed by atoms with Gasteiger partial charge in [-0.25, -0.2) is 4.98 Å². The van der Waals surface area contributed by atoms with E-state index in [4.69, 9.17) is 9.15 Å². The van der Waals surface area contributed by atoms with Gasteiger partial charge in [-0.15, -0.1) is 15.3 Å². The van der Waals surface area contributed by atoms with Gasteiger partial charge in [0.05, 0.1) is 7.11 Å². The predicted octanol–water partition coefficient (Wildman–Crippen LogP) is 3.21. The van der Waals surface area contributed by atoms with E-state index in [2.05, 4.69) is 23.4 Å². The lowest BCUT2D eigenvalue weighted by molar-refractivity contribution is -0.141. The summed E-state index contributed by atoms with van der Waals surface area (Å²) in [4.78, 5) is 3.39. The summed E-state index contributed by atoms with van der Waals surface area (Å²) in [5, 5.41) is 11.3. The van der Waals surface area contributed by atoms with Gasteiger partial charge in [0, 0.05) is 23.9 Å². The molecule has 0 saturated heterocycles. The number of halogens is 4. The molecular formula is C12H8F3IN6O2. The fourth-order valence-corrected chi connectivity index (χ4v) is 3.03. The van der Waals surface area contributed by atoms with E-state index in [1.807, 2.05) is 0 Å². The first-order valence-corrected chi connectivity index (χ1v) is 8.20. The Morgan fingerprint density at radius 1 is 1.33 bits per heavy atom. The third-order valence-electron chi connectivity index (χ3n) is 2.66. The van der Waals surface area contributed by atoms with Crippen LogP contribution in [-0.2, 0) is 6.18 Å². The van der Waals surface area contributed by atoms with Crippen LogP contribution in [0.4, 0.5) is 13.2 Å². The molecule has 2 aromatic rings. The summed E-state index contributed by atoms with van der Waals surface area (Å²) >= 11 is -0.891. The van der Waals surface area contributed by atoms with Crippen LogP contribution in [0.5, 0.6) is 5.88 Å². The molecule has 0 saturated carbocycles. The van der Waals surface area contributed by atoms with Crippen LogP contribution < -0.4 is 4.74 Å². The molecule has 3 rings (SSSR count). The van der Waals surface area contributed by atoms with E-state index in [-0.39, 0.29) is 23.2 Å². The standard InChI is InChI=1S/C12H8F3IN6O2/c1-23-10-5-7(4-8(18-10)12(13,14)15)11-19-16-22(21-11)3-2-9-20-17-6-24-9/h2-6H,1H3/b3-2-. The molecule has 0 radical (unpaired) electrons. The molecule has 0 spiro atoms. The van der Waals surface area contributed by atoms with Crippen LogP contribution in [0.25, 0.3) is 6.08 Å². The first kappa shape index (κ1) is 16.5. The summed E-state index contributed by atoms with van der Waals surface area (Å²) in [5.41, 5.74) is -0.879. The van der Waals surface area contributed by atoms with Crippen LogP contribution in [0, 0.1) is 0 Å². The van der Waals surface area contributed by atoms with Crippen molar-refractivity contribution in [3.05, 3.63) is 41.9 Å². The smallest absolute Gasteiger partial charge is 0.433 e. The lowest BCUT2D eigenvalue weighted by Gasteiger charge is -2.09. The third kappa shape index (κ3) is 3.74. The monoisotopic (exact) mass is 452 g/mol. The molecule has 1 aliphatic heterocycles. The van der Waals surface area contributed by atoms with Gasteiger partial charge in [-0.2, -0.15) is 19.5 Å². The quantitative estimate of drug-likeness (QED) is 0.523. The number of ether oxygens (including phenoxy) is 1. The first-order valence-electron chi connectivity index (χ1n) is 6.27. The van der Waals surface area contributed by atoms with E-state index in [0.29, 0.717) is 0 Å². The van der Waals surface area contributed by atoms with Crippen molar-refractivity contribution < 1.29 is 22.3 Å². The van der Waals surface area contributed by atoms with Gasteiger partial charge >= 0.3 is 6.18 Å². The second-order valence-corrected chi connectivity index (χ2v) is 6.15. The molecule has 0 fully saturated rings. The minimum atomic E-state index is -4.59. The molecule has 126 valence electrons. The van der Waals surface area contributed by atoms with E-state index in [0.717, 1.165) is 6.07 Å². The maximum absolute atomic E-state index is 12.9. The zero-order valence-corrected chi connectivity index (χ0v) is 14.1. The summed E-state index contributed by atoms with van der Waals surface area (Å²) in [6.07, 6.45) is -0.307. The number of aromatic nitrogens is 3. The lowest BCUT2D eigenvalue weighted by Crippen LogP contribution is -2.11. The van der Waals surface area contributed by atoms with Gasteiger partial charge in [-0.3, -0.25) is 0 Å². The highest BCUT2D eigenvalue weighted by atomic mass is 127. The zero-order valence-electron chi connectivity index (χ0n) is 11.9. The molecule has 24 heavy (non-hydrogen) atoms. The highest BCUT2D eigenvalue weighted by Gasteiger charge is 2.34. The van der Waals surface area contributed by atoms with Crippen molar-refractivity contribution in [2.75, 3.05) is 7.11 Å². The van der Waals surface area contributed by atoms with Crippen LogP contribution in [0.2, 0.25) is 0 Å². The summed E-state index contributed by atoms with van der Waals surface area (Å²) in [7, 11) is 1.24. The van der Waals surface area contributed by atoms with E-state index < -0.39 is 33.2 Å². The van der Waals surface area contributed by atoms with Crippen LogP contribution in [0.15, 0.2) is 37.4 Å². The van der Waals surface area contributed by atoms with Crippen molar-refractivity contribution in [3.63, 3.8) is 0 Å². The Labute approximate surface area is 143 Å². The maximum Gasteiger partial charge on any atom is 0.433 e. The Bertz CT molecular complexity index is 819. The average molecular weight is 452 g/mol. The minimum absolute atomic E-state index is 0.157. The fraction of sp³-hybridized carbons (Fsp3) is 0.167. The molecule has 8 nitrogen and oxygen atoms in total. The number of hydrogen-bond donors (Lipinski definition) is 0. The molecule has 0 atom stereocenters. The number of alkyl halides is 3. The van der Waals surface area contributed by atoms with E-state index in [1.165, 1.54) is 28.9 Å². The lowest BCUT2D eigenvalue weighted by atomic mass is 10.2. The molecule has 2 aromatic heterocycles. The molecule has 0 unspecified atom stereocenters. The molecule has 0 N–H and O–H groups in total. The Morgan fingerprint density at radius 3 is 2.83 bits per heavy atom. The second kappa shape index (κ2) is 6.62. The number of hydrogen-bond acceptors (Lipinski definition) is 8. The number of rotatable bonds is 4. The third-order valence-corrected chi connectivity index (χ3v) is 4.31. The molecule has 0 bridgehead atoms. The summed E-state index contributed by atoms with van der Waals surface area (Å²) in [6, 6.07) is 2.24. The number of amidine groups is 1. The number of hydrazone groups is 1. The van der Waals surface area contributed by atoms with E-state index in [9.17, 15) is 13.2 Å². The van der Waals surface area contributed by atoms with Crippen molar-refractivity contribution in [3.8, 4) is 5.88 Å². The highest BCUT2D eigenvalue weighted by molar-refractivity contribution is 14.1. The van der Waals surface area contributed by atoms with E-state index >= 15 is 0 Å². The van der Waals surface area contributed by atoms with Crippen molar-refractivity contribution in [2.45, 2.75) is 6.18 Å². The van der Waals surface area contributed by atoms with Gasteiger partial charge in [0.15, 0.2) is 5.84 Å². The largest absolute Gasteiger partial charge is 0.481 e. The van der Waals surface area contributed by atoms with Gasteiger partial charge in [0.1, 0.15) is 27.0 Å². The zero-order chi connectivity index (χ0) is 17.2. The number of nitrogens with zero attached hydrogens (tertiary/aromatic N) is 6. The Balaban J connectivity index is 1.87. The van der Waals surface area contributed by atoms with Crippen LogP contribution >= 0.6 is 21.3 Å². The minimum Gasteiger partial charge on any atom is -0.481 e. The summed E-state index contributed by atoms with van der Waals surface area (Å²) in [6.45, 7) is 0. The van der Waals surface area contributed by atoms with Crippen molar-refractivity contribution in [2.24, 2.45) is 8.25 Å². The van der Waals surface area contributed by atoms with Crippen LogP contribution in [-0.4, -0.2) is 31.3 Å². The maximum atomic E-state index is 12.9. The molecule has 12 heteroatoms. The molecule has 0 aliphatic carbocycles. The van der Waals surface area contributed by atoms with Gasteiger partial charge < -0.3 is 9.15 Å². The Kier molecular flexibility index (Phi) is 4.55. The molecular weight excluding hydrogens is 444 g/mol. The van der Waals surface area contributed by atoms with Crippen molar-refractivity contribution in [1.29, 1.82) is 0 Å². The van der Waals surface area contributed by atoms with Gasteiger partial charge in [-0.05, 0) is 6.07 Å². The van der Waals surface area contributed by atoms with Gasteiger partial charge in [0.25, 0.3) is 0 Å². The Hall–Kier alpha value is -2.38. The number of pyridine rings is 1. The van der Waals surface area contributed by atoms with Crippen molar-refractivity contribution in [1.82, 2.24) is 18.4 Å². The summed E-state index contributed by atoms with van der Waals surface area (Å²) in [5.74, 6) is 0.313. The topological polar surface area (TPSA) is 89.0 Å². The predicted molar refractivity (Wildman–Crippen MR) is 83.9 cm³/mol. The van der Waals surface area contributed by atoms with Gasteiger partial charge in [0.2, 0.25) is 18.2 Å². The van der Waals surface area contributed by atoms with Gasteiger partial charge in [-0.1, -0.05) is 0 Å². The summed E-state index contributed by atoms with van der Waals surface area (Å²) < 4.78 is 54.2.